The molecule has 2 aliphatic rings. The molecule has 0 N–H and O–H groups in total. The molecule has 1 unspecified atom stereocenters. The van der Waals surface area contributed by atoms with Crippen LogP contribution in [-0.4, -0.2) is 47.5 Å². The van der Waals surface area contributed by atoms with Gasteiger partial charge in [0.1, 0.15) is 24.2 Å². The van der Waals surface area contributed by atoms with Gasteiger partial charge in [-0.25, -0.2) is 9.37 Å². The van der Waals surface area contributed by atoms with E-state index in [4.69, 9.17) is 16.3 Å². The molecule has 2 saturated heterocycles. The maximum atomic E-state index is 13.6. The van der Waals surface area contributed by atoms with E-state index in [0.717, 1.165) is 11.1 Å². The molecule has 1 atom stereocenters. The third-order valence-corrected chi connectivity index (χ3v) is 5.63. The molecule has 2 amide bonds. The summed E-state index contributed by atoms with van der Waals surface area (Å²) in [6, 6.07) is 5.81. The number of halogens is 2. The molecule has 0 bridgehead atoms. The van der Waals surface area contributed by atoms with E-state index in [1.807, 2.05) is 0 Å². The van der Waals surface area contributed by atoms with E-state index in [-0.39, 0.29) is 36.6 Å². The summed E-state index contributed by atoms with van der Waals surface area (Å²) in [5.74, 6) is -0.304. The molecule has 0 radical (unpaired) electrons. The monoisotopic (exact) mass is 417 g/mol. The fourth-order valence-corrected chi connectivity index (χ4v) is 4.04. The number of hydrogen-bond acceptors (Lipinski definition) is 4. The van der Waals surface area contributed by atoms with Crippen LogP contribution in [0, 0.1) is 25.6 Å². The Morgan fingerprint density at radius 3 is 2.59 bits per heavy atom. The van der Waals surface area contributed by atoms with Crippen molar-refractivity contribution in [1.29, 1.82) is 0 Å². The third-order valence-electron chi connectivity index (χ3n) is 5.43. The van der Waals surface area contributed by atoms with Gasteiger partial charge in [0.05, 0.1) is 18.2 Å². The standard InChI is InChI=1S/C21H21ClFN3O3/c1-12-5-14(3-4-17(12)23)8-25-18(27)9-26(20-13(2)6-16(22)7-24-20)21(28)19(25)15-10-29-11-15/h3-7,15,19H,8-11H2,1-2H3. The van der Waals surface area contributed by atoms with Crippen LogP contribution in [0.1, 0.15) is 16.7 Å². The topological polar surface area (TPSA) is 62.7 Å². The van der Waals surface area contributed by atoms with Crippen molar-refractivity contribution in [1.82, 2.24) is 9.88 Å². The number of carbonyl (C=O) groups excluding carboxylic acids is 2. The van der Waals surface area contributed by atoms with Crippen LogP contribution in [0.4, 0.5) is 10.2 Å². The third kappa shape index (κ3) is 3.72. The second-order valence-electron chi connectivity index (χ2n) is 7.57. The second kappa shape index (κ2) is 7.72. The van der Waals surface area contributed by atoms with E-state index in [2.05, 4.69) is 4.98 Å². The molecule has 4 rings (SSSR count). The number of benzene rings is 1. The number of aromatic nitrogens is 1. The first-order valence-corrected chi connectivity index (χ1v) is 9.78. The molecule has 0 aliphatic carbocycles. The Balaban J connectivity index is 1.66. The van der Waals surface area contributed by atoms with Crippen molar-refractivity contribution < 1.29 is 18.7 Å². The quantitative estimate of drug-likeness (QED) is 0.767. The number of amides is 2. The summed E-state index contributed by atoms with van der Waals surface area (Å²) in [6.45, 7) is 4.47. The van der Waals surface area contributed by atoms with Crippen LogP contribution >= 0.6 is 11.6 Å². The number of pyridine rings is 1. The van der Waals surface area contributed by atoms with E-state index in [0.29, 0.717) is 29.6 Å². The Morgan fingerprint density at radius 1 is 1.21 bits per heavy atom. The van der Waals surface area contributed by atoms with Crippen molar-refractivity contribution >= 4 is 29.2 Å². The zero-order chi connectivity index (χ0) is 20.7. The molecule has 2 fully saturated rings. The molecule has 0 saturated carbocycles. The van der Waals surface area contributed by atoms with Crippen LogP contribution in [-0.2, 0) is 20.9 Å². The van der Waals surface area contributed by atoms with Crippen LogP contribution in [0.5, 0.6) is 0 Å². The van der Waals surface area contributed by atoms with Crippen LogP contribution in [0.25, 0.3) is 0 Å². The van der Waals surface area contributed by atoms with Gasteiger partial charge in [-0.15, -0.1) is 0 Å². The van der Waals surface area contributed by atoms with Crippen molar-refractivity contribution in [3.8, 4) is 0 Å². The molecule has 2 aliphatic heterocycles. The minimum Gasteiger partial charge on any atom is -0.380 e. The average Bonchev–Trinajstić information content (AvgIpc) is 2.62. The van der Waals surface area contributed by atoms with E-state index >= 15 is 0 Å². The molecular weight excluding hydrogens is 397 g/mol. The summed E-state index contributed by atoms with van der Waals surface area (Å²) in [5.41, 5.74) is 2.01. The van der Waals surface area contributed by atoms with Crippen LogP contribution in [0.2, 0.25) is 5.02 Å². The van der Waals surface area contributed by atoms with E-state index in [1.165, 1.54) is 17.2 Å². The Labute approximate surface area is 173 Å². The summed E-state index contributed by atoms with van der Waals surface area (Å²) < 4.78 is 18.9. The van der Waals surface area contributed by atoms with Gasteiger partial charge in [-0.2, -0.15) is 0 Å². The van der Waals surface area contributed by atoms with Gasteiger partial charge in [-0.1, -0.05) is 23.7 Å². The maximum Gasteiger partial charge on any atom is 0.251 e. The van der Waals surface area contributed by atoms with Gasteiger partial charge in [-0.05, 0) is 42.7 Å². The number of rotatable bonds is 4. The normalized spacial score (nSPS) is 20.2. The lowest BCUT2D eigenvalue weighted by atomic mass is 9.92. The van der Waals surface area contributed by atoms with E-state index < -0.39 is 6.04 Å². The van der Waals surface area contributed by atoms with Gasteiger partial charge in [-0.3, -0.25) is 14.5 Å². The lowest BCUT2D eigenvalue weighted by molar-refractivity contribution is -0.155. The summed E-state index contributed by atoms with van der Waals surface area (Å²) in [5, 5.41) is 0.472. The van der Waals surface area contributed by atoms with Gasteiger partial charge >= 0.3 is 0 Å². The fourth-order valence-electron chi connectivity index (χ4n) is 3.83. The van der Waals surface area contributed by atoms with Gasteiger partial charge < -0.3 is 9.64 Å². The van der Waals surface area contributed by atoms with Crippen LogP contribution in [0.15, 0.2) is 30.5 Å². The molecule has 1 aromatic carbocycles. The number of aryl methyl sites for hydroxylation is 2. The molecule has 152 valence electrons. The SMILES string of the molecule is Cc1cc(CN2C(=O)CN(c3ncc(Cl)cc3C)C(=O)C2C2COC2)ccc1F. The highest BCUT2D eigenvalue weighted by Crippen LogP contribution is 2.31. The molecule has 3 heterocycles. The van der Waals surface area contributed by atoms with Gasteiger partial charge in [0.25, 0.3) is 5.91 Å². The Kier molecular flexibility index (Phi) is 5.27. The van der Waals surface area contributed by atoms with Crippen LogP contribution < -0.4 is 4.90 Å². The second-order valence-corrected chi connectivity index (χ2v) is 8.00. The molecular formula is C21H21ClFN3O3. The highest BCUT2D eigenvalue weighted by atomic mass is 35.5. The predicted molar refractivity (Wildman–Crippen MR) is 106 cm³/mol. The highest BCUT2D eigenvalue weighted by molar-refractivity contribution is 6.30. The lowest BCUT2D eigenvalue weighted by Crippen LogP contribution is -2.65. The van der Waals surface area contributed by atoms with E-state index in [9.17, 15) is 14.0 Å². The fraction of sp³-hybridized carbons (Fsp3) is 0.381. The number of carbonyl (C=O) groups is 2. The highest BCUT2D eigenvalue weighted by Gasteiger charge is 2.47. The molecule has 29 heavy (non-hydrogen) atoms. The summed E-state index contributed by atoms with van der Waals surface area (Å²) in [7, 11) is 0. The Hall–Kier alpha value is -2.51. The number of piperazine rings is 1. The number of ether oxygens (including phenoxy) is 1. The zero-order valence-electron chi connectivity index (χ0n) is 16.2. The summed E-state index contributed by atoms with van der Waals surface area (Å²) in [6.07, 6.45) is 1.47. The smallest absolute Gasteiger partial charge is 0.251 e. The number of hydrogen-bond donors (Lipinski definition) is 0. The summed E-state index contributed by atoms with van der Waals surface area (Å²) in [4.78, 5) is 33.8. The molecule has 2 aromatic rings. The minimum atomic E-state index is -0.646. The Morgan fingerprint density at radius 2 is 1.97 bits per heavy atom. The molecule has 0 spiro atoms. The zero-order valence-corrected chi connectivity index (χ0v) is 16.9. The minimum absolute atomic E-state index is 0.0802. The van der Waals surface area contributed by atoms with Gasteiger partial charge in [0.2, 0.25) is 5.91 Å². The number of nitrogens with zero attached hydrogens (tertiary/aromatic N) is 3. The van der Waals surface area contributed by atoms with Gasteiger partial charge in [0.15, 0.2) is 0 Å². The molecule has 1 aromatic heterocycles. The largest absolute Gasteiger partial charge is 0.380 e. The lowest BCUT2D eigenvalue weighted by Gasteiger charge is -2.45. The molecule has 8 heteroatoms. The van der Waals surface area contributed by atoms with Crippen molar-refractivity contribution in [3.05, 3.63) is 58.0 Å². The van der Waals surface area contributed by atoms with Crippen molar-refractivity contribution in [2.75, 3.05) is 24.7 Å². The average molecular weight is 418 g/mol. The van der Waals surface area contributed by atoms with Crippen LogP contribution in [0.3, 0.4) is 0 Å². The maximum absolute atomic E-state index is 13.6. The van der Waals surface area contributed by atoms with Crippen molar-refractivity contribution in [2.24, 2.45) is 5.92 Å². The summed E-state index contributed by atoms with van der Waals surface area (Å²) >= 11 is 5.98. The first kappa shape index (κ1) is 19.8. The first-order chi connectivity index (χ1) is 13.8. The molecule has 6 nitrogen and oxygen atoms in total. The van der Waals surface area contributed by atoms with Gasteiger partial charge in [0, 0.05) is 18.7 Å². The van der Waals surface area contributed by atoms with Crippen molar-refractivity contribution in [3.63, 3.8) is 0 Å². The number of anilines is 1. The van der Waals surface area contributed by atoms with E-state index in [1.54, 1.807) is 36.9 Å². The van der Waals surface area contributed by atoms with Crippen molar-refractivity contribution in [2.45, 2.75) is 26.4 Å². The first-order valence-electron chi connectivity index (χ1n) is 9.41. The Bertz CT molecular complexity index is 980. The predicted octanol–water partition coefficient (Wildman–Crippen LogP) is 2.88.